The third kappa shape index (κ3) is 3.31. The Morgan fingerprint density at radius 1 is 1.46 bits per heavy atom. The Morgan fingerprint density at radius 2 is 2.15 bits per heavy atom. The van der Waals surface area contributed by atoms with Gasteiger partial charge in [-0.2, -0.15) is 0 Å². The third-order valence-corrected chi connectivity index (χ3v) is 1.75. The maximum atomic E-state index is 5.91. The minimum absolute atomic E-state index is 0.173. The molecule has 0 amide bonds. The highest BCUT2D eigenvalue weighted by Crippen LogP contribution is 2.11. The highest BCUT2D eigenvalue weighted by molar-refractivity contribution is 5.35. The molecule has 2 N–H and O–H groups in total. The summed E-state index contributed by atoms with van der Waals surface area (Å²) in [6.45, 7) is 4.02. The highest BCUT2D eigenvalue weighted by Gasteiger charge is 2.11. The Bertz CT molecular complexity index is 326. The van der Waals surface area contributed by atoms with Crippen molar-refractivity contribution in [2.24, 2.45) is 5.73 Å². The molecule has 0 unspecified atom stereocenters. The van der Waals surface area contributed by atoms with E-state index in [-0.39, 0.29) is 5.54 Å². The summed E-state index contributed by atoms with van der Waals surface area (Å²) in [5.74, 6) is 2.61. The number of terminal acetylenes is 1. The summed E-state index contributed by atoms with van der Waals surface area (Å²) in [5.41, 5.74) is 7.85. The number of hydrogen-bond acceptors (Lipinski definition) is 1. The van der Waals surface area contributed by atoms with Crippen LogP contribution in [0.1, 0.15) is 25.0 Å². The molecule has 0 aliphatic heterocycles. The molecule has 1 nitrogen and oxygen atoms in total. The van der Waals surface area contributed by atoms with Crippen LogP contribution in [0.2, 0.25) is 0 Å². The number of benzene rings is 1. The van der Waals surface area contributed by atoms with Gasteiger partial charge in [-0.05, 0) is 38.0 Å². The van der Waals surface area contributed by atoms with Crippen LogP contribution in [0, 0.1) is 12.3 Å². The number of nitrogens with two attached hydrogens (primary N) is 1. The Morgan fingerprint density at radius 3 is 2.69 bits per heavy atom. The molecule has 1 rings (SSSR count). The first-order chi connectivity index (χ1) is 6.01. The molecular formula is C12H15N. The van der Waals surface area contributed by atoms with Gasteiger partial charge < -0.3 is 5.73 Å². The molecule has 0 aliphatic rings. The Labute approximate surface area is 80.0 Å². The second-order valence-corrected chi connectivity index (χ2v) is 4.01. The zero-order chi connectivity index (χ0) is 9.90. The van der Waals surface area contributed by atoms with Gasteiger partial charge in [0.2, 0.25) is 0 Å². The minimum atomic E-state index is -0.173. The zero-order valence-corrected chi connectivity index (χ0v) is 8.17. The van der Waals surface area contributed by atoms with Gasteiger partial charge in [0.05, 0.1) is 0 Å². The molecule has 0 atom stereocenters. The normalized spacial score (nSPS) is 10.9. The van der Waals surface area contributed by atoms with E-state index in [1.165, 1.54) is 5.56 Å². The summed E-state index contributed by atoms with van der Waals surface area (Å²) < 4.78 is 0. The topological polar surface area (TPSA) is 26.0 Å². The molecule has 1 aromatic carbocycles. The van der Waals surface area contributed by atoms with Crippen molar-refractivity contribution in [1.29, 1.82) is 0 Å². The maximum Gasteiger partial charge on any atom is 0.0245 e. The van der Waals surface area contributed by atoms with Crippen molar-refractivity contribution in [2.45, 2.75) is 25.8 Å². The van der Waals surface area contributed by atoms with Gasteiger partial charge in [0.1, 0.15) is 0 Å². The number of hydrogen-bond donors (Lipinski definition) is 1. The third-order valence-electron chi connectivity index (χ3n) is 1.75. The van der Waals surface area contributed by atoms with Gasteiger partial charge in [0.15, 0.2) is 0 Å². The fourth-order valence-electron chi connectivity index (χ4n) is 1.30. The molecule has 0 bridgehead atoms. The van der Waals surface area contributed by atoms with Crippen molar-refractivity contribution < 1.29 is 0 Å². The van der Waals surface area contributed by atoms with E-state index < -0.39 is 0 Å². The molecule has 1 heteroatoms. The Hall–Kier alpha value is -1.26. The predicted molar refractivity (Wildman–Crippen MR) is 56.3 cm³/mol. The van der Waals surface area contributed by atoms with Crippen LogP contribution < -0.4 is 5.73 Å². The molecular weight excluding hydrogens is 158 g/mol. The van der Waals surface area contributed by atoms with E-state index in [4.69, 9.17) is 12.2 Å². The predicted octanol–water partition coefficient (Wildman–Crippen LogP) is 1.95. The summed E-state index contributed by atoms with van der Waals surface area (Å²) in [6.07, 6.45) is 6.15. The lowest BCUT2D eigenvalue weighted by molar-refractivity contribution is 0.517. The van der Waals surface area contributed by atoms with Crippen molar-refractivity contribution in [3.8, 4) is 12.3 Å². The molecule has 13 heavy (non-hydrogen) atoms. The molecule has 1 aromatic rings. The molecule has 0 radical (unpaired) electrons. The van der Waals surface area contributed by atoms with Crippen LogP contribution in [0.4, 0.5) is 0 Å². The van der Waals surface area contributed by atoms with Gasteiger partial charge >= 0.3 is 0 Å². The summed E-state index contributed by atoms with van der Waals surface area (Å²) in [7, 11) is 0. The smallest absolute Gasteiger partial charge is 0.0245 e. The summed E-state index contributed by atoms with van der Waals surface area (Å²) in [4.78, 5) is 0. The molecule has 68 valence electrons. The second kappa shape index (κ2) is 3.64. The summed E-state index contributed by atoms with van der Waals surface area (Å²) >= 11 is 0. The van der Waals surface area contributed by atoms with E-state index in [0.717, 1.165) is 12.0 Å². The van der Waals surface area contributed by atoms with Crippen LogP contribution in [-0.2, 0) is 6.42 Å². The first-order valence-electron chi connectivity index (χ1n) is 4.36. The van der Waals surface area contributed by atoms with E-state index >= 15 is 0 Å². The second-order valence-electron chi connectivity index (χ2n) is 4.01. The average molecular weight is 173 g/mol. The molecule has 0 heterocycles. The lowest BCUT2D eigenvalue weighted by Crippen LogP contribution is -2.34. The largest absolute Gasteiger partial charge is 0.325 e. The Balaban J connectivity index is 2.86. The van der Waals surface area contributed by atoms with Gasteiger partial charge in [-0.3, -0.25) is 0 Å². The fourth-order valence-corrected chi connectivity index (χ4v) is 1.30. The van der Waals surface area contributed by atoms with Crippen LogP contribution in [0.5, 0.6) is 0 Å². The summed E-state index contributed by atoms with van der Waals surface area (Å²) in [5, 5.41) is 0. The maximum absolute atomic E-state index is 5.91. The van der Waals surface area contributed by atoms with Crippen LogP contribution in [-0.4, -0.2) is 5.54 Å². The molecule has 0 aromatic heterocycles. The lowest BCUT2D eigenvalue weighted by atomic mass is 9.95. The molecule has 0 aliphatic carbocycles. The van der Waals surface area contributed by atoms with E-state index in [1.807, 2.05) is 32.0 Å². The zero-order valence-electron chi connectivity index (χ0n) is 8.17. The van der Waals surface area contributed by atoms with Crippen molar-refractivity contribution in [1.82, 2.24) is 0 Å². The minimum Gasteiger partial charge on any atom is -0.325 e. The standard InChI is InChI=1S/C12H15N/c1-4-10-6-5-7-11(8-10)9-12(2,3)13/h1,5-8H,9,13H2,2-3H3. The van der Waals surface area contributed by atoms with Gasteiger partial charge in [-0.15, -0.1) is 6.42 Å². The van der Waals surface area contributed by atoms with Crippen molar-refractivity contribution in [3.63, 3.8) is 0 Å². The van der Waals surface area contributed by atoms with E-state index in [1.54, 1.807) is 0 Å². The van der Waals surface area contributed by atoms with Gasteiger partial charge in [0.25, 0.3) is 0 Å². The fraction of sp³-hybridized carbons (Fsp3) is 0.333. The SMILES string of the molecule is C#Cc1cccc(CC(C)(C)N)c1. The van der Waals surface area contributed by atoms with E-state index in [0.29, 0.717) is 0 Å². The first-order valence-corrected chi connectivity index (χ1v) is 4.36. The van der Waals surface area contributed by atoms with Gasteiger partial charge in [-0.1, -0.05) is 18.1 Å². The van der Waals surface area contributed by atoms with Crippen LogP contribution in [0.25, 0.3) is 0 Å². The molecule has 0 spiro atoms. The van der Waals surface area contributed by atoms with Crippen LogP contribution in [0.3, 0.4) is 0 Å². The van der Waals surface area contributed by atoms with Crippen LogP contribution in [0.15, 0.2) is 24.3 Å². The van der Waals surface area contributed by atoms with E-state index in [2.05, 4.69) is 12.0 Å². The quantitative estimate of drug-likeness (QED) is 0.680. The molecule has 0 fully saturated rings. The monoisotopic (exact) mass is 173 g/mol. The van der Waals surface area contributed by atoms with Crippen molar-refractivity contribution in [3.05, 3.63) is 35.4 Å². The number of rotatable bonds is 2. The first kappa shape index (κ1) is 9.83. The van der Waals surface area contributed by atoms with Gasteiger partial charge in [-0.25, -0.2) is 0 Å². The van der Waals surface area contributed by atoms with Crippen molar-refractivity contribution >= 4 is 0 Å². The lowest BCUT2D eigenvalue weighted by Gasteiger charge is -2.18. The summed E-state index contributed by atoms with van der Waals surface area (Å²) in [6, 6.07) is 7.95. The van der Waals surface area contributed by atoms with E-state index in [9.17, 15) is 0 Å². The highest BCUT2D eigenvalue weighted by atomic mass is 14.7. The van der Waals surface area contributed by atoms with Crippen molar-refractivity contribution in [2.75, 3.05) is 0 Å². The molecule has 0 saturated carbocycles. The van der Waals surface area contributed by atoms with Crippen LogP contribution >= 0.6 is 0 Å². The Kier molecular flexibility index (Phi) is 2.75. The average Bonchev–Trinajstić information content (AvgIpc) is 2.01. The van der Waals surface area contributed by atoms with Gasteiger partial charge in [0, 0.05) is 11.1 Å². The molecule has 0 saturated heterocycles.